The third kappa shape index (κ3) is 11.4. The number of unbranched alkanes of at least 4 members (excludes halogenated alkanes) is 2. The van der Waals surface area contributed by atoms with Gasteiger partial charge in [0, 0.05) is 18.8 Å². The summed E-state index contributed by atoms with van der Waals surface area (Å²) in [6.45, 7) is 15.0. The Hall–Kier alpha value is 0.0569. The van der Waals surface area contributed by atoms with Gasteiger partial charge in [0.1, 0.15) is 0 Å². The molecule has 0 aliphatic rings. The molecule has 0 spiro atoms. The SMILES string of the molecule is CCCCC(CCC)[Si](CCCC)(OCCOCC)OCCOCC. The molecule has 0 amide bonds. The van der Waals surface area contributed by atoms with Crippen molar-refractivity contribution in [3.05, 3.63) is 0 Å². The summed E-state index contributed by atoms with van der Waals surface area (Å²) in [6, 6.07) is 1.09. The van der Waals surface area contributed by atoms with Gasteiger partial charge in [-0.15, -0.1) is 0 Å². The smallest absolute Gasteiger partial charge is 0.341 e. The first-order valence-corrected chi connectivity index (χ1v) is 12.7. The Kier molecular flexibility index (Phi) is 17.5. The van der Waals surface area contributed by atoms with Gasteiger partial charge in [-0.1, -0.05) is 52.9 Å². The lowest BCUT2D eigenvalue weighted by Crippen LogP contribution is -2.48. The van der Waals surface area contributed by atoms with Crippen LogP contribution in [0, 0.1) is 0 Å². The lowest BCUT2D eigenvalue weighted by atomic mass is 10.1. The second kappa shape index (κ2) is 17.5. The van der Waals surface area contributed by atoms with Crippen LogP contribution in [0.15, 0.2) is 0 Å². The van der Waals surface area contributed by atoms with Gasteiger partial charge in [0.15, 0.2) is 0 Å². The first kappa shape index (κ1) is 25.1. The second-order valence-electron chi connectivity index (χ2n) is 6.63. The van der Waals surface area contributed by atoms with E-state index in [-0.39, 0.29) is 0 Å². The average molecular weight is 377 g/mol. The standard InChI is InChI=1S/C20H44O4Si/c1-6-11-14-20(13-8-3)25(19-12-7-2,23-17-15-21-9-4)24-18-16-22-10-5/h20H,6-19H2,1-5H3. The molecule has 1 atom stereocenters. The Bertz CT molecular complexity index is 264. The van der Waals surface area contributed by atoms with Crippen LogP contribution >= 0.6 is 0 Å². The maximum Gasteiger partial charge on any atom is 0.341 e. The Morgan fingerprint density at radius 1 is 0.640 bits per heavy atom. The van der Waals surface area contributed by atoms with E-state index in [9.17, 15) is 0 Å². The molecular formula is C20H44O4Si. The van der Waals surface area contributed by atoms with E-state index in [1.807, 2.05) is 13.8 Å². The van der Waals surface area contributed by atoms with Crippen LogP contribution < -0.4 is 0 Å². The van der Waals surface area contributed by atoms with Gasteiger partial charge in [-0.25, -0.2) is 0 Å². The summed E-state index contributed by atoms with van der Waals surface area (Å²) in [6.07, 6.45) is 8.49. The van der Waals surface area contributed by atoms with Crippen LogP contribution in [0.4, 0.5) is 0 Å². The monoisotopic (exact) mass is 376 g/mol. The summed E-state index contributed by atoms with van der Waals surface area (Å²) in [7, 11) is -2.26. The maximum atomic E-state index is 6.56. The third-order valence-corrected chi connectivity index (χ3v) is 8.86. The molecule has 1 unspecified atom stereocenters. The van der Waals surface area contributed by atoms with E-state index in [0.717, 1.165) is 19.3 Å². The van der Waals surface area contributed by atoms with Crippen molar-refractivity contribution in [2.24, 2.45) is 0 Å². The maximum absolute atomic E-state index is 6.56. The molecule has 152 valence electrons. The molecule has 4 nitrogen and oxygen atoms in total. The molecule has 0 bridgehead atoms. The fraction of sp³-hybridized carbons (Fsp3) is 1.00. The molecule has 0 aromatic carbocycles. The summed E-state index contributed by atoms with van der Waals surface area (Å²) < 4.78 is 24.2. The van der Waals surface area contributed by atoms with E-state index in [0.29, 0.717) is 32.0 Å². The Labute approximate surface area is 158 Å². The fourth-order valence-corrected chi connectivity index (χ4v) is 7.60. The van der Waals surface area contributed by atoms with Gasteiger partial charge in [-0.3, -0.25) is 0 Å². The largest absolute Gasteiger partial charge is 0.392 e. The highest BCUT2D eigenvalue weighted by Gasteiger charge is 2.44. The first-order chi connectivity index (χ1) is 12.2. The van der Waals surface area contributed by atoms with E-state index in [1.54, 1.807) is 0 Å². The lowest BCUT2D eigenvalue weighted by molar-refractivity contribution is 0.0594. The van der Waals surface area contributed by atoms with E-state index in [1.165, 1.54) is 44.9 Å². The molecule has 0 aliphatic heterocycles. The van der Waals surface area contributed by atoms with Crippen molar-refractivity contribution in [3.8, 4) is 0 Å². The molecule has 25 heavy (non-hydrogen) atoms. The Balaban J connectivity index is 5.12. The number of ether oxygens (including phenoxy) is 2. The van der Waals surface area contributed by atoms with Crippen LogP contribution in [0.5, 0.6) is 0 Å². The highest BCUT2D eigenvalue weighted by atomic mass is 28.4. The van der Waals surface area contributed by atoms with Crippen molar-refractivity contribution in [1.29, 1.82) is 0 Å². The molecule has 0 heterocycles. The van der Waals surface area contributed by atoms with Crippen LogP contribution in [-0.4, -0.2) is 48.2 Å². The number of hydrogen-bond acceptors (Lipinski definition) is 4. The molecule has 0 N–H and O–H groups in total. The van der Waals surface area contributed by atoms with Gasteiger partial charge < -0.3 is 18.3 Å². The molecule has 0 aromatic heterocycles. The van der Waals surface area contributed by atoms with Crippen molar-refractivity contribution in [2.45, 2.75) is 91.1 Å². The van der Waals surface area contributed by atoms with E-state index in [2.05, 4.69) is 20.8 Å². The van der Waals surface area contributed by atoms with E-state index >= 15 is 0 Å². The van der Waals surface area contributed by atoms with Crippen molar-refractivity contribution in [2.75, 3.05) is 39.6 Å². The Morgan fingerprint density at radius 2 is 1.20 bits per heavy atom. The zero-order chi connectivity index (χ0) is 18.8. The van der Waals surface area contributed by atoms with Crippen molar-refractivity contribution < 1.29 is 18.3 Å². The highest BCUT2D eigenvalue weighted by molar-refractivity contribution is 6.69. The van der Waals surface area contributed by atoms with E-state index in [4.69, 9.17) is 18.3 Å². The van der Waals surface area contributed by atoms with Crippen LogP contribution in [0.3, 0.4) is 0 Å². The van der Waals surface area contributed by atoms with Crippen molar-refractivity contribution in [1.82, 2.24) is 0 Å². The Morgan fingerprint density at radius 3 is 1.64 bits per heavy atom. The van der Waals surface area contributed by atoms with Crippen molar-refractivity contribution in [3.63, 3.8) is 0 Å². The minimum Gasteiger partial charge on any atom is -0.392 e. The normalized spacial score (nSPS) is 13.3. The fourth-order valence-electron chi connectivity index (χ4n) is 3.27. The van der Waals surface area contributed by atoms with Crippen molar-refractivity contribution >= 4 is 8.56 Å². The quantitative estimate of drug-likeness (QED) is 0.214. The first-order valence-electron chi connectivity index (χ1n) is 10.6. The summed E-state index contributed by atoms with van der Waals surface area (Å²) in [5.74, 6) is 0. The molecule has 0 saturated carbocycles. The van der Waals surface area contributed by atoms with Crippen LogP contribution in [-0.2, 0) is 18.3 Å². The third-order valence-electron chi connectivity index (χ3n) is 4.60. The molecule has 0 aliphatic carbocycles. The second-order valence-corrected chi connectivity index (χ2v) is 10.2. The summed E-state index contributed by atoms with van der Waals surface area (Å²) >= 11 is 0. The van der Waals surface area contributed by atoms with E-state index < -0.39 is 8.56 Å². The molecule has 0 aromatic rings. The lowest BCUT2D eigenvalue weighted by Gasteiger charge is -2.38. The predicted octanol–water partition coefficient (Wildman–Crippen LogP) is 5.70. The minimum absolute atomic E-state index is 0.576. The molecule has 0 saturated heterocycles. The van der Waals surface area contributed by atoms with Gasteiger partial charge >= 0.3 is 8.56 Å². The van der Waals surface area contributed by atoms with Gasteiger partial charge in [0.2, 0.25) is 0 Å². The average Bonchev–Trinajstić information content (AvgIpc) is 2.63. The topological polar surface area (TPSA) is 36.9 Å². The summed E-state index contributed by atoms with van der Waals surface area (Å²) in [5, 5.41) is 0. The minimum atomic E-state index is -2.26. The molecule has 5 heteroatoms. The highest BCUT2D eigenvalue weighted by Crippen LogP contribution is 2.38. The van der Waals surface area contributed by atoms with Gasteiger partial charge in [-0.05, 0) is 32.7 Å². The van der Waals surface area contributed by atoms with Gasteiger partial charge in [0.25, 0.3) is 0 Å². The van der Waals surface area contributed by atoms with Crippen LogP contribution in [0.1, 0.15) is 79.6 Å². The van der Waals surface area contributed by atoms with Crippen LogP contribution in [0.2, 0.25) is 11.6 Å². The number of hydrogen-bond donors (Lipinski definition) is 0. The summed E-state index contributed by atoms with van der Waals surface area (Å²) in [4.78, 5) is 0. The predicted molar refractivity (Wildman–Crippen MR) is 109 cm³/mol. The molecule has 0 rings (SSSR count). The zero-order valence-corrected chi connectivity index (χ0v) is 18.6. The molecular weight excluding hydrogens is 332 g/mol. The zero-order valence-electron chi connectivity index (χ0n) is 17.6. The number of rotatable bonds is 19. The van der Waals surface area contributed by atoms with Gasteiger partial charge in [0.05, 0.1) is 26.4 Å². The summed E-state index contributed by atoms with van der Waals surface area (Å²) in [5.41, 5.74) is 0.576. The van der Waals surface area contributed by atoms with Gasteiger partial charge in [-0.2, -0.15) is 0 Å². The molecule has 0 fully saturated rings. The van der Waals surface area contributed by atoms with Crippen LogP contribution in [0.25, 0.3) is 0 Å². The molecule has 0 radical (unpaired) electrons.